The number of primary amides is 1. The third kappa shape index (κ3) is 25.2. The van der Waals surface area contributed by atoms with Gasteiger partial charge in [-0.15, -0.1) is 0 Å². The predicted molar refractivity (Wildman–Crippen MR) is 499 cm³/mol. The summed E-state index contributed by atoms with van der Waals surface area (Å²) >= 11 is 0. The summed E-state index contributed by atoms with van der Waals surface area (Å²) < 4.78 is 67.8. The maximum atomic E-state index is 14.0. The molecule has 5 aliphatic rings. The number of aliphatic hydroxyl groups is 2. The fourth-order valence-electron chi connectivity index (χ4n) is 16.9. The number of nitrogens with one attached hydrogen (secondary N) is 3. The van der Waals surface area contributed by atoms with Crippen molar-refractivity contribution in [2.45, 2.75) is 173 Å². The van der Waals surface area contributed by atoms with Crippen molar-refractivity contribution < 1.29 is 70.1 Å². The number of benzene rings is 7. The van der Waals surface area contributed by atoms with Gasteiger partial charge in [-0.1, -0.05) is 151 Å². The highest BCUT2D eigenvalue weighted by Gasteiger charge is 2.39. The third-order valence-electron chi connectivity index (χ3n) is 23.9. The van der Waals surface area contributed by atoms with Crippen molar-refractivity contribution >= 4 is 96.8 Å². The molecule has 0 saturated carbocycles. The van der Waals surface area contributed by atoms with Gasteiger partial charge in [0.05, 0.1) is 39.5 Å². The van der Waals surface area contributed by atoms with Gasteiger partial charge in [0.1, 0.15) is 24.9 Å². The first-order valence-electron chi connectivity index (χ1n) is 44.9. The Hall–Kier alpha value is -11.3. The second-order valence-electron chi connectivity index (χ2n) is 34.0. The van der Waals surface area contributed by atoms with Gasteiger partial charge in [0.2, 0.25) is 37.8 Å². The lowest BCUT2D eigenvalue weighted by atomic mass is 9.90. The maximum Gasteiger partial charge on any atom is 0.407 e. The number of carbonyl (C=O) groups excluding carboxylic acids is 7. The van der Waals surface area contributed by atoms with Gasteiger partial charge >= 0.3 is 18.1 Å². The lowest BCUT2D eigenvalue weighted by molar-refractivity contribution is -0.148. The summed E-state index contributed by atoms with van der Waals surface area (Å²) in [6.07, 6.45) is 11.5. The Balaban J connectivity index is 0.000000322. The Morgan fingerprint density at radius 3 is 1.48 bits per heavy atom. The number of fused-ring (bicyclic) bond motifs is 5. The Labute approximate surface area is 752 Å². The number of carbonyl (C=O) groups is 7. The van der Waals surface area contributed by atoms with Crippen molar-refractivity contribution in [2.24, 2.45) is 56.6 Å². The number of hydrogen-bond donors (Lipinski definition) is 9. The van der Waals surface area contributed by atoms with Crippen LogP contribution in [0.3, 0.4) is 0 Å². The number of sulfonamides is 2. The van der Waals surface area contributed by atoms with Crippen molar-refractivity contribution in [1.82, 2.24) is 34.4 Å². The minimum absolute atomic E-state index is 0.0102. The SMILES string of the molecule is CCCN(CCC)C(=O)C1=Cc2c(CCCCN)cc(-c3cccc(S(=O)(=O)N4CC(CO)C4)c3)cc2N=C(N)C1.CCCN(CCC)C(=O)C1=Cc2c(CCCCNC(=O)OCc3ccc(CC(=O)[C@H](CCCNC(N)=O)NC(=O)[C@@H](CC(=O)OCC4c5ccccc5-c5ccccc54)C(C)C)cc3)cc(-c3cccc(S(=O)(=O)N4CC(CO)C4)c3)cc2N=C(N)C1. The monoisotopic (exact) mass is 1790 g/mol. The number of amidine groups is 2. The number of nitrogens with two attached hydrogens (primary N) is 4. The standard InChI is InChI=1S/C67H82N8O11S.C31H43N5O4S/c1-5-29-74(30-6-2)65(80)50-34-57-48(32-49(35-60(57)72-62(68)36-50)47-16-13-17-51(33-47)87(83,84)75-38-46(39-75)40-76)15-11-12-27-71-67(82)86-41-45-25-23-44(24-26-45)31-61(77)59(22-14-28-70-66(69)81)73-64(79)56(43(3)4)37-63(78)85-42-58-54-20-9-7-18-52(54)53-19-8-10-21-55(53)58;1-3-12-35(13-4-2)31(38)26-16-28-24(8-5-6-11-32)14-25(17-29(28)34-30(33)18-26)23-9-7-10-27(15-23)41(39,40)36-19-22(20-36)21-37/h7-10,13,16-21,23-26,32-35,43,46,56,58-59,76H,5-6,11-12,14-15,22,27-31,36-42H2,1-4H3,(H2,68,72)(H,71,82)(H,73,79)(H3,69,70,81);7,9-10,14-17,22,37H,3-6,8,11-13,18-21,32H2,1-2H3,(H2,33,34)/t56-,59-;/m0./s1. The number of esters is 1. The molecule has 13 N–H and O–H groups in total. The number of nitrogens with zero attached hydrogens (tertiary/aromatic N) is 6. The molecule has 1 aliphatic carbocycles. The van der Waals surface area contributed by atoms with E-state index in [1.807, 2.05) is 116 Å². The molecule has 0 bridgehead atoms. The third-order valence-corrected chi connectivity index (χ3v) is 27.5. The first-order chi connectivity index (χ1) is 61.6. The number of alkyl carbamates (subject to hydrolysis) is 1. The van der Waals surface area contributed by atoms with E-state index >= 15 is 0 Å². The number of urea groups is 1. The summed E-state index contributed by atoms with van der Waals surface area (Å²) in [6.45, 7) is 16.7. The van der Waals surface area contributed by atoms with Gasteiger partial charge in [0.15, 0.2) is 5.78 Å². The van der Waals surface area contributed by atoms with Crippen LogP contribution in [0.25, 0.3) is 45.5 Å². The quantitative estimate of drug-likeness (QED) is 0.0127. The zero-order valence-electron chi connectivity index (χ0n) is 74.4. The van der Waals surface area contributed by atoms with Crippen LogP contribution in [0.2, 0.25) is 0 Å². The largest absolute Gasteiger partial charge is 0.465 e. The topological polar surface area (TPSA) is 425 Å². The van der Waals surface area contributed by atoms with Crippen LogP contribution >= 0.6 is 0 Å². The number of ketones is 1. The second-order valence-corrected chi connectivity index (χ2v) is 37.9. The van der Waals surface area contributed by atoms with Crippen molar-refractivity contribution in [2.75, 3.05) is 91.8 Å². The van der Waals surface area contributed by atoms with Crippen LogP contribution in [0.15, 0.2) is 177 Å². The zero-order valence-corrected chi connectivity index (χ0v) is 76.0. The van der Waals surface area contributed by atoms with Crippen molar-refractivity contribution in [3.8, 4) is 33.4 Å². The molecule has 684 valence electrons. The minimum atomic E-state index is -3.80. The van der Waals surface area contributed by atoms with E-state index in [2.05, 4.69) is 48.0 Å². The maximum absolute atomic E-state index is 14.0. The first-order valence-corrected chi connectivity index (χ1v) is 47.8. The molecule has 6 amide bonds. The van der Waals surface area contributed by atoms with Crippen LogP contribution in [-0.4, -0.2) is 197 Å². The summed E-state index contributed by atoms with van der Waals surface area (Å²) in [5.74, 6) is -1.99. The van der Waals surface area contributed by atoms with Gasteiger partial charge < -0.3 is 68.4 Å². The molecule has 4 heterocycles. The number of unbranched alkanes of at least 4 members (excludes halogenated alkanes) is 2. The molecule has 30 heteroatoms. The molecule has 12 rings (SSSR count). The smallest absolute Gasteiger partial charge is 0.407 e. The van der Waals surface area contributed by atoms with Crippen LogP contribution in [0, 0.1) is 23.7 Å². The fourth-order valence-corrected chi connectivity index (χ4v) is 20.2. The summed E-state index contributed by atoms with van der Waals surface area (Å²) in [5, 5.41) is 27.1. The molecule has 2 saturated heterocycles. The molecule has 0 unspecified atom stereocenters. The average molecular weight is 1790 g/mol. The van der Waals surface area contributed by atoms with E-state index < -0.39 is 56.0 Å². The normalized spacial score (nSPS) is 15.0. The molecule has 28 nitrogen and oxygen atoms in total. The van der Waals surface area contributed by atoms with Gasteiger partial charge in [0.25, 0.3) is 0 Å². The Kier molecular flexibility index (Phi) is 35.1. The highest BCUT2D eigenvalue weighted by atomic mass is 32.2. The highest BCUT2D eigenvalue weighted by molar-refractivity contribution is 7.89. The van der Waals surface area contributed by atoms with Gasteiger partial charge in [-0.25, -0.2) is 36.4 Å². The molecule has 2 fully saturated rings. The number of hydrogen-bond acceptors (Lipinski definition) is 20. The lowest BCUT2D eigenvalue weighted by Gasteiger charge is -2.36. The summed E-state index contributed by atoms with van der Waals surface area (Å²) in [5.41, 5.74) is 38.5. The molecule has 7 aromatic rings. The van der Waals surface area contributed by atoms with Gasteiger partial charge in [-0.2, -0.15) is 8.61 Å². The molecule has 0 aromatic heterocycles. The van der Waals surface area contributed by atoms with Crippen LogP contribution < -0.4 is 38.9 Å². The Morgan fingerprint density at radius 2 is 1.02 bits per heavy atom. The number of rotatable bonds is 43. The van der Waals surface area contributed by atoms with E-state index in [9.17, 15) is 60.6 Å². The summed E-state index contributed by atoms with van der Waals surface area (Å²) in [6, 6.07) is 43.0. The van der Waals surface area contributed by atoms with Crippen LogP contribution in [0.1, 0.15) is 175 Å². The number of aliphatic hydroxyl groups excluding tert-OH is 2. The number of ether oxygens (including phenoxy) is 2. The number of aliphatic imine (C=N–C) groups is 2. The predicted octanol–water partition coefficient (Wildman–Crippen LogP) is 12.4. The van der Waals surface area contributed by atoms with E-state index in [0.29, 0.717) is 123 Å². The van der Waals surface area contributed by atoms with Gasteiger partial charge in [0, 0.05) is 138 Å². The summed E-state index contributed by atoms with van der Waals surface area (Å²) in [7, 11) is -7.46. The van der Waals surface area contributed by atoms with Crippen LogP contribution in [0.4, 0.5) is 21.0 Å². The van der Waals surface area contributed by atoms with Crippen molar-refractivity contribution in [3.63, 3.8) is 0 Å². The molecular formula is C98H125N13O15S2. The molecule has 2 atom stereocenters. The number of amides is 6. The van der Waals surface area contributed by atoms with E-state index in [-0.39, 0.29) is 135 Å². The molecule has 0 spiro atoms. The fraction of sp³-hybridized carbons (Fsp3) is 0.439. The Morgan fingerprint density at radius 1 is 0.555 bits per heavy atom. The molecule has 4 aliphatic heterocycles. The van der Waals surface area contributed by atoms with Crippen LogP contribution in [0.5, 0.6) is 0 Å². The average Bonchev–Trinajstić information content (AvgIpc) is 1.60. The summed E-state index contributed by atoms with van der Waals surface area (Å²) in [4.78, 5) is 107. The lowest BCUT2D eigenvalue weighted by Crippen LogP contribution is -2.51. The van der Waals surface area contributed by atoms with E-state index in [1.54, 1.807) is 60.7 Å². The van der Waals surface area contributed by atoms with Gasteiger partial charge in [-0.05, 0) is 205 Å². The first kappa shape index (κ1) is 97.4. The van der Waals surface area contributed by atoms with Crippen molar-refractivity contribution in [1.29, 1.82) is 0 Å². The molecule has 7 aromatic carbocycles. The minimum Gasteiger partial charge on any atom is -0.465 e. The van der Waals surface area contributed by atoms with Crippen LogP contribution in [-0.2, 0) is 79.4 Å². The van der Waals surface area contributed by atoms with E-state index in [1.165, 1.54) is 8.61 Å². The van der Waals surface area contributed by atoms with E-state index in [0.717, 1.165) is 106 Å². The number of aryl methyl sites for hydroxylation is 2. The zero-order chi connectivity index (χ0) is 91.8. The molecule has 128 heavy (non-hydrogen) atoms. The highest BCUT2D eigenvalue weighted by Crippen LogP contribution is 2.46. The second kappa shape index (κ2) is 46.1. The number of Topliss-reactive ketones (excluding diaryl/α,β-unsaturated/α-hetero) is 1. The molecular weight excluding hydrogens is 1660 g/mol. The molecule has 0 radical (unpaired) electrons. The Bertz CT molecular complexity index is 5430. The van der Waals surface area contributed by atoms with Crippen molar-refractivity contribution in [3.05, 3.63) is 201 Å². The van der Waals surface area contributed by atoms with E-state index in [4.69, 9.17) is 42.4 Å². The van der Waals surface area contributed by atoms with Gasteiger partial charge in [-0.3, -0.25) is 24.0 Å².